The van der Waals surface area contributed by atoms with Gasteiger partial charge in [0, 0.05) is 0 Å². The first-order valence-corrected chi connectivity index (χ1v) is 10.2. The Bertz CT molecular complexity index is 1390. The first kappa shape index (κ1) is 20.1. The maximum atomic E-state index is 12.4. The van der Waals surface area contributed by atoms with Crippen molar-refractivity contribution in [3.8, 4) is 29.0 Å². The lowest BCUT2D eigenvalue weighted by Gasteiger charge is -2.24. The molecule has 1 aromatic heterocycles. The summed E-state index contributed by atoms with van der Waals surface area (Å²) >= 11 is 0. The number of rotatable bonds is 4. The molecule has 0 amide bonds. The lowest BCUT2D eigenvalue weighted by molar-refractivity contribution is 0.0734. The van der Waals surface area contributed by atoms with Gasteiger partial charge in [-0.25, -0.2) is 4.79 Å². The number of aromatic nitrogens is 2. The Morgan fingerprint density at radius 2 is 1.67 bits per heavy atom. The van der Waals surface area contributed by atoms with Gasteiger partial charge in [-0.3, -0.25) is 5.10 Å². The first-order valence-electron chi connectivity index (χ1n) is 10.2. The summed E-state index contributed by atoms with van der Waals surface area (Å²) in [6.07, 6.45) is 0. The van der Waals surface area contributed by atoms with Crippen molar-refractivity contribution in [1.82, 2.24) is 10.2 Å². The van der Waals surface area contributed by atoms with E-state index in [-0.39, 0.29) is 11.5 Å². The van der Waals surface area contributed by atoms with Gasteiger partial charge >= 0.3 is 5.97 Å². The number of esters is 1. The molecule has 160 valence electrons. The molecule has 3 aromatic carbocycles. The van der Waals surface area contributed by atoms with Crippen LogP contribution in [-0.2, 0) is 0 Å². The zero-order valence-corrected chi connectivity index (χ0v) is 17.4. The van der Waals surface area contributed by atoms with Crippen molar-refractivity contribution < 1.29 is 14.3 Å². The van der Waals surface area contributed by atoms with E-state index in [1.165, 1.54) is 0 Å². The second-order valence-corrected chi connectivity index (χ2v) is 7.43. The van der Waals surface area contributed by atoms with Crippen LogP contribution in [0.2, 0.25) is 0 Å². The van der Waals surface area contributed by atoms with Crippen molar-refractivity contribution in [2.24, 2.45) is 5.73 Å². The lowest BCUT2D eigenvalue weighted by atomic mass is 9.83. The fourth-order valence-corrected chi connectivity index (χ4v) is 3.87. The Labute approximate surface area is 189 Å². The standard InChI is InChI=1S/C26H18N4O3/c27-15-20-21(16-11-13-19(14-12-16)32-26(31)18-9-5-2-6-10-18)22-23(17-7-3-1-4-8-17)29-30-25(22)33-24(20)28/h1-14,21H,28H2,(H,29,30). The van der Waals surface area contributed by atoms with Gasteiger partial charge in [0.05, 0.1) is 22.7 Å². The van der Waals surface area contributed by atoms with Gasteiger partial charge in [-0.1, -0.05) is 60.7 Å². The normalized spacial score (nSPS) is 14.7. The topological polar surface area (TPSA) is 114 Å². The zero-order valence-electron chi connectivity index (χ0n) is 17.4. The van der Waals surface area contributed by atoms with Crippen molar-refractivity contribution >= 4 is 5.97 Å². The highest BCUT2D eigenvalue weighted by Crippen LogP contribution is 2.45. The van der Waals surface area contributed by atoms with Crippen LogP contribution in [0.1, 0.15) is 27.4 Å². The highest BCUT2D eigenvalue weighted by atomic mass is 16.5. The lowest BCUT2D eigenvalue weighted by Crippen LogP contribution is -2.21. The molecular weight excluding hydrogens is 416 g/mol. The Balaban J connectivity index is 1.52. The molecule has 3 N–H and O–H groups in total. The number of hydrogen-bond donors (Lipinski definition) is 2. The average molecular weight is 434 g/mol. The molecule has 0 spiro atoms. The number of carbonyl (C=O) groups excluding carboxylic acids is 1. The van der Waals surface area contributed by atoms with Crippen LogP contribution in [0.25, 0.3) is 11.3 Å². The summed E-state index contributed by atoms with van der Waals surface area (Å²) in [5, 5.41) is 17.1. The third-order valence-corrected chi connectivity index (χ3v) is 5.43. The molecule has 2 heterocycles. The van der Waals surface area contributed by atoms with Gasteiger partial charge in [-0.2, -0.15) is 5.26 Å². The number of allylic oxidation sites excluding steroid dienone is 1. The highest BCUT2D eigenvalue weighted by Gasteiger charge is 2.35. The van der Waals surface area contributed by atoms with E-state index in [4.69, 9.17) is 15.2 Å². The number of aromatic amines is 1. The molecule has 7 nitrogen and oxygen atoms in total. The fourth-order valence-electron chi connectivity index (χ4n) is 3.87. The molecule has 0 fully saturated rings. The summed E-state index contributed by atoms with van der Waals surface area (Å²) in [4.78, 5) is 12.4. The molecule has 1 unspecified atom stereocenters. The van der Waals surface area contributed by atoms with Gasteiger partial charge < -0.3 is 15.2 Å². The third kappa shape index (κ3) is 3.70. The van der Waals surface area contributed by atoms with Gasteiger partial charge in [0.2, 0.25) is 11.8 Å². The number of nitrogens with one attached hydrogen (secondary N) is 1. The number of H-pyrrole nitrogens is 1. The summed E-state index contributed by atoms with van der Waals surface area (Å²) < 4.78 is 11.1. The van der Waals surface area contributed by atoms with Crippen LogP contribution in [0.4, 0.5) is 0 Å². The number of fused-ring (bicyclic) bond motifs is 1. The summed E-state index contributed by atoms with van der Waals surface area (Å²) in [5.41, 5.74) is 9.97. The van der Waals surface area contributed by atoms with Crippen molar-refractivity contribution in [2.45, 2.75) is 5.92 Å². The molecule has 33 heavy (non-hydrogen) atoms. The third-order valence-electron chi connectivity index (χ3n) is 5.43. The fraction of sp³-hybridized carbons (Fsp3) is 0.0385. The minimum Gasteiger partial charge on any atom is -0.423 e. The minimum absolute atomic E-state index is 0.0145. The molecule has 0 radical (unpaired) electrons. The monoisotopic (exact) mass is 434 g/mol. The van der Waals surface area contributed by atoms with Gasteiger partial charge in [-0.15, -0.1) is 5.10 Å². The Morgan fingerprint density at radius 1 is 1.00 bits per heavy atom. The molecule has 0 saturated heterocycles. The van der Waals surface area contributed by atoms with E-state index in [2.05, 4.69) is 16.3 Å². The summed E-state index contributed by atoms with van der Waals surface area (Å²) in [6.45, 7) is 0. The van der Waals surface area contributed by atoms with E-state index in [1.54, 1.807) is 48.5 Å². The maximum Gasteiger partial charge on any atom is 0.343 e. The average Bonchev–Trinajstić information content (AvgIpc) is 3.28. The number of nitrogens with two attached hydrogens (primary N) is 1. The second-order valence-electron chi connectivity index (χ2n) is 7.43. The number of benzene rings is 3. The molecular formula is C26H18N4O3. The quantitative estimate of drug-likeness (QED) is 0.361. The van der Waals surface area contributed by atoms with E-state index >= 15 is 0 Å². The van der Waals surface area contributed by atoms with Gasteiger partial charge in [0.1, 0.15) is 17.4 Å². The van der Waals surface area contributed by atoms with Gasteiger partial charge in [0.25, 0.3) is 0 Å². The van der Waals surface area contributed by atoms with Crippen LogP contribution in [0, 0.1) is 11.3 Å². The molecule has 1 aliphatic rings. The smallest absolute Gasteiger partial charge is 0.343 e. The summed E-state index contributed by atoms with van der Waals surface area (Å²) in [7, 11) is 0. The number of nitriles is 1. The van der Waals surface area contributed by atoms with Crippen molar-refractivity contribution in [1.29, 1.82) is 5.26 Å². The molecule has 1 aliphatic heterocycles. The van der Waals surface area contributed by atoms with E-state index in [0.29, 0.717) is 17.2 Å². The molecule has 4 aromatic rings. The van der Waals surface area contributed by atoms with E-state index in [0.717, 1.165) is 22.4 Å². The van der Waals surface area contributed by atoms with Crippen LogP contribution in [0.15, 0.2) is 96.4 Å². The minimum atomic E-state index is -0.494. The molecule has 1 atom stereocenters. The van der Waals surface area contributed by atoms with Crippen molar-refractivity contribution in [2.75, 3.05) is 0 Å². The second kappa shape index (κ2) is 8.36. The first-order chi connectivity index (χ1) is 16.2. The Kier molecular flexibility index (Phi) is 5.09. The molecule has 0 saturated carbocycles. The predicted molar refractivity (Wildman–Crippen MR) is 121 cm³/mol. The van der Waals surface area contributed by atoms with Crippen LogP contribution in [0.5, 0.6) is 11.6 Å². The maximum absolute atomic E-state index is 12.4. The molecule has 5 rings (SSSR count). The number of hydrogen-bond acceptors (Lipinski definition) is 6. The zero-order chi connectivity index (χ0) is 22.8. The van der Waals surface area contributed by atoms with E-state index in [1.807, 2.05) is 36.4 Å². The summed E-state index contributed by atoms with van der Waals surface area (Å²) in [5.74, 6) is -0.201. The highest BCUT2D eigenvalue weighted by molar-refractivity contribution is 5.91. The summed E-state index contributed by atoms with van der Waals surface area (Å²) in [6, 6.07) is 27.6. The predicted octanol–water partition coefficient (Wildman–Crippen LogP) is 4.51. The number of ether oxygens (including phenoxy) is 2. The molecule has 0 aliphatic carbocycles. The Hall–Kier alpha value is -4.83. The van der Waals surface area contributed by atoms with Crippen LogP contribution < -0.4 is 15.2 Å². The van der Waals surface area contributed by atoms with Crippen LogP contribution in [-0.4, -0.2) is 16.2 Å². The van der Waals surface area contributed by atoms with Crippen molar-refractivity contribution in [3.63, 3.8) is 0 Å². The van der Waals surface area contributed by atoms with Crippen molar-refractivity contribution in [3.05, 3.63) is 113 Å². The molecule has 0 bridgehead atoms. The van der Waals surface area contributed by atoms with Crippen LogP contribution >= 0.6 is 0 Å². The van der Waals surface area contributed by atoms with Gasteiger partial charge in [0.15, 0.2) is 0 Å². The largest absolute Gasteiger partial charge is 0.423 e. The molecule has 7 heteroatoms. The number of nitrogens with zero attached hydrogens (tertiary/aromatic N) is 2. The van der Waals surface area contributed by atoms with Crippen LogP contribution in [0.3, 0.4) is 0 Å². The number of carbonyl (C=O) groups is 1. The van der Waals surface area contributed by atoms with E-state index in [9.17, 15) is 10.1 Å². The van der Waals surface area contributed by atoms with E-state index < -0.39 is 11.9 Å². The van der Waals surface area contributed by atoms with Gasteiger partial charge in [-0.05, 0) is 35.4 Å². The SMILES string of the molecule is N#CC1=C(N)Oc2n[nH]c(-c3ccccc3)c2C1c1ccc(OC(=O)c2ccccc2)cc1. The Morgan fingerprint density at radius 3 is 2.33 bits per heavy atom.